The summed E-state index contributed by atoms with van der Waals surface area (Å²) in [6.07, 6.45) is 3.84. The number of phenols is 1. The Balaban J connectivity index is 1.44. The van der Waals surface area contributed by atoms with Crippen molar-refractivity contribution in [3.8, 4) is 28.4 Å². The molecule has 2 heterocycles. The minimum absolute atomic E-state index is 0.0231. The minimum atomic E-state index is -0.748. The van der Waals surface area contributed by atoms with E-state index in [4.69, 9.17) is 4.74 Å². The van der Waals surface area contributed by atoms with Crippen LogP contribution in [0.2, 0.25) is 0 Å². The Morgan fingerprint density at radius 2 is 1.83 bits per heavy atom. The molecule has 4 aromatic rings. The molecule has 0 unspecified atom stereocenters. The number of hydrogen-bond donors (Lipinski definition) is 1. The molecule has 36 heavy (non-hydrogen) atoms. The monoisotopic (exact) mass is 487 g/mol. The second-order valence-corrected chi connectivity index (χ2v) is 9.29. The number of ether oxygens (including phenoxy) is 1. The third-order valence-electron chi connectivity index (χ3n) is 7.31. The van der Waals surface area contributed by atoms with Gasteiger partial charge in [-0.2, -0.15) is 5.10 Å². The molecule has 1 aliphatic carbocycles. The molecule has 1 spiro atoms. The highest BCUT2D eigenvalue weighted by Crippen LogP contribution is 2.57. The molecule has 6 nitrogen and oxygen atoms in total. The molecule has 2 aliphatic rings. The summed E-state index contributed by atoms with van der Waals surface area (Å²) >= 11 is 0. The molecule has 0 atom stereocenters. The predicted molar refractivity (Wildman–Crippen MR) is 130 cm³/mol. The molecular formula is C28H23F2N3O3. The van der Waals surface area contributed by atoms with Gasteiger partial charge in [0.05, 0.1) is 36.6 Å². The summed E-state index contributed by atoms with van der Waals surface area (Å²) in [4.78, 5) is 15.4. The number of halogens is 2. The van der Waals surface area contributed by atoms with Gasteiger partial charge < -0.3 is 14.7 Å². The van der Waals surface area contributed by atoms with Crippen LogP contribution in [0.25, 0.3) is 16.9 Å². The second kappa shape index (κ2) is 8.19. The number of nitrogens with zero attached hydrogens (tertiary/aromatic N) is 3. The average molecular weight is 488 g/mol. The fraction of sp³-hybridized carbons (Fsp3) is 0.214. The fourth-order valence-electron chi connectivity index (χ4n) is 5.34. The van der Waals surface area contributed by atoms with Gasteiger partial charge in [-0.15, -0.1) is 0 Å². The Labute approximate surface area is 206 Å². The molecule has 6 rings (SSSR count). The van der Waals surface area contributed by atoms with E-state index in [2.05, 4.69) is 5.10 Å². The Hall–Kier alpha value is -4.20. The lowest BCUT2D eigenvalue weighted by atomic mass is 9.65. The zero-order valence-electron chi connectivity index (χ0n) is 19.5. The van der Waals surface area contributed by atoms with Crippen LogP contribution in [0.5, 0.6) is 11.5 Å². The SMILES string of the molecule is COc1ccc(CN2C(=O)C3(CCC3)c3cc(-c4ccnn4-c4ccc(F)cc4F)cc(O)c32)cc1. The van der Waals surface area contributed by atoms with Crippen LogP contribution < -0.4 is 9.64 Å². The molecule has 3 aromatic carbocycles. The van der Waals surface area contributed by atoms with Crippen LogP contribution >= 0.6 is 0 Å². The van der Waals surface area contributed by atoms with Crippen LogP contribution in [-0.2, 0) is 16.8 Å². The van der Waals surface area contributed by atoms with Gasteiger partial charge in [-0.25, -0.2) is 13.5 Å². The Bertz CT molecular complexity index is 1490. The summed E-state index contributed by atoms with van der Waals surface area (Å²) in [7, 11) is 1.60. The van der Waals surface area contributed by atoms with E-state index in [1.165, 1.54) is 23.0 Å². The number of fused-ring (bicyclic) bond motifs is 2. The van der Waals surface area contributed by atoms with Gasteiger partial charge in [0, 0.05) is 11.6 Å². The third-order valence-corrected chi connectivity index (χ3v) is 7.31. The number of anilines is 1. The van der Waals surface area contributed by atoms with Crippen LogP contribution in [0.4, 0.5) is 14.5 Å². The van der Waals surface area contributed by atoms with Gasteiger partial charge in [0.2, 0.25) is 5.91 Å². The van der Waals surface area contributed by atoms with Crippen molar-refractivity contribution in [2.45, 2.75) is 31.2 Å². The number of phenolic OH excluding ortho intramolecular Hbond substituents is 1. The number of rotatable bonds is 5. The largest absolute Gasteiger partial charge is 0.506 e. The summed E-state index contributed by atoms with van der Waals surface area (Å²) in [5.74, 6) is -0.751. The highest BCUT2D eigenvalue weighted by molar-refractivity contribution is 6.10. The van der Waals surface area contributed by atoms with Crippen molar-refractivity contribution in [1.82, 2.24) is 9.78 Å². The number of aromatic hydroxyl groups is 1. The van der Waals surface area contributed by atoms with Gasteiger partial charge in [-0.05, 0) is 66.4 Å². The van der Waals surface area contributed by atoms with Crippen LogP contribution in [0.15, 0.2) is 66.9 Å². The first-order valence-electron chi connectivity index (χ1n) is 11.7. The molecule has 1 fully saturated rings. The molecule has 8 heteroatoms. The number of methoxy groups -OCH3 is 1. The molecular weight excluding hydrogens is 464 g/mol. The van der Waals surface area contributed by atoms with Crippen LogP contribution in [0.1, 0.15) is 30.4 Å². The summed E-state index contributed by atoms with van der Waals surface area (Å²) < 4.78 is 34.6. The standard InChI is InChI=1S/C28H23F2N3O3/c1-36-20-6-3-17(4-7-20)16-32-26-21(28(27(32)35)10-2-11-28)13-18(14-25(26)34)23-9-12-31-33(23)24-8-5-19(29)15-22(24)30/h3-9,12-15,34H,2,10-11,16H2,1H3. The number of amides is 1. The van der Waals surface area contributed by atoms with Crippen LogP contribution in [0, 0.1) is 11.6 Å². The van der Waals surface area contributed by atoms with Crippen molar-refractivity contribution in [3.63, 3.8) is 0 Å². The number of hydrogen-bond acceptors (Lipinski definition) is 4. The topological polar surface area (TPSA) is 67.6 Å². The van der Waals surface area contributed by atoms with E-state index < -0.39 is 17.0 Å². The smallest absolute Gasteiger partial charge is 0.238 e. The van der Waals surface area contributed by atoms with Crippen LogP contribution in [-0.4, -0.2) is 27.9 Å². The van der Waals surface area contributed by atoms with E-state index in [1.54, 1.807) is 24.1 Å². The van der Waals surface area contributed by atoms with Crippen molar-refractivity contribution < 1.29 is 23.4 Å². The highest BCUT2D eigenvalue weighted by atomic mass is 19.1. The highest BCUT2D eigenvalue weighted by Gasteiger charge is 2.55. The summed E-state index contributed by atoms with van der Waals surface area (Å²) in [6, 6.07) is 15.9. The van der Waals surface area contributed by atoms with E-state index in [0.29, 0.717) is 36.3 Å². The molecule has 0 bridgehead atoms. The molecule has 1 aromatic heterocycles. The number of aromatic nitrogens is 2. The van der Waals surface area contributed by atoms with Gasteiger partial charge >= 0.3 is 0 Å². The van der Waals surface area contributed by atoms with E-state index in [-0.39, 0.29) is 17.3 Å². The molecule has 182 valence electrons. The lowest BCUT2D eigenvalue weighted by Crippen LogP contribution is -2.44. The van der Waals surface area contributed by atoms with Crippen molar-refractivity contribution in [1.29, 1.82) is 0 Å². The van der Waals surface area contributed by atoms with Gasteiger partial charge in [-0.3, -0.25) is 4.79 Å². The number of carbonyl (C=O) groups excluding carboxylic acids is 1. The van der Waals surface area contributed by atoms with E-state index in [0.717, 1.165) is 29.4 Å². The lowest BCUT2D eigenvalue weighted by molar-refractivity contribution is -0.126. The molecule has 1 aliphatic heterocycles. The van der Waals surface area contributed by atoms with Crippen molar-refractivity contribution >= 4 is 11.6 Å². The van der Waals surface area contributed by atoms with Gasteiger partial charge in [0.1, 0.15) is 23.0 Å². The zero-order chi connectivity index (χ0) is 25.0. The maximum atomic E-state index is 14.5. The number of carbonyl (C=O) groups is 1. The number of benzene rings is 3. The molecule has 0 radical (unpaired) electrons. The first kappa shape index (κ1) is 22.3. The van der Waals surface area contributed by atoms with Crippen molar-refractivity contribution in [2.75, 3.05) is 12.0 Å². The summed E-state index contributed by atoms with van der Waals surface area (Å²) in [6.45, 7) is 0.323. The molecule has 1 N–H and O–H groups in total. The maximum Gasteiger partial charge on any atom is 0.238 e. The molecule has 1 saturated carbocycles. The maximum absolute atomic E-state index is 14.5. The lowest BCUT2D eigenvalue weighted by Gasteiger charge is -2.37. The van der Waals surface area contributed by atoms with Crippen molar-refractivity contribution in [2.24, 2.45) is 0 Å². The molecule has 0 saturated heterocycles. The predicted octanol–water partition coefficient (Wildman–Crippen LogP) is 5.50. The Morgan fingerprint density at radius 1 is 1.06 bits per heavy atom. The fourth-order valence-corrected chi connectivity index (χ4v) is 5.34. The third kappa shape index (κ3) is 3.28. The molecule has 1 amide bonds. The average Bonchev–Trinajstić information content (AvgIpc) is 3.41. The first-order valence-corrected chi connectivity index (χ1v) is 11.7. The minimum Gasteiger partial charge on any atom is -0.506 e. The van der Waals surface area contributed by atoms with Gasteiger partial charge in [0.25, 0.3) is 0 Å². The zero-order valence-corrected chi connectivity index (χ0v) is 19.5. The summed E-state index contributed by atoms with van der Waals surface area (Å²) in [5, 5.41) is 15.4. The Kier molecular flexibility index (Phi) is 5.07. The van der Waals surface area contributed by atoms with E-state index >= 15 is 0 Å². The van der Waals surface area contributed by atoms with Crippen molar-refractivity contribution in [3.05, 3.63) is 89.6 Å². The second-order valence-electron chi connectivity index (χ2n) is 9.29. The van der Waals surface area contributed by atoms with Gasteiger partial charge in [-0.1, -0.05) is 18.6 Å². The quantitative estimate of drug-likeness (QED) is 0.404. The summed E-state index contributed by atoms with van der Waals surface area (Å²) in [5.41, 5.74) is 2.73. The van der Waals surface area contributed by atoms with E-state index in [1.807, 2.05) is 30.3 Å². The van der Waals surface area contributed by atoms with Crippen LogP contribution in [0.3, 0.4) is 0 Å². The Morgan fingerprint density at radius 3 is 2.50 bits per heavy atom. The first-order chi connectivity index (χ1) is 17.4. The van der Waals surface area contributed by atoms with Gasteiger partial charge in [0.15, 0.2) is 5.82 Å². The normalized spacial score (nSPS) is 15.8. The van der Waals surface area contributed by atoms with E-state index in [9.17, 15) is 18.7 Å².